The van der Waals surface area contributed by atoms with Gasteiger partial charge < -0.3 is 90.0 Å². The van der Waals surface area contributed by atoms with Crippen LogP contribution in [-0.4, -0.2) is 172 Å². The van der Waals surface area contributed by atoms with Crippen LogP contribution in [0.25, 0.3) is 0 Å². The van der Waals surface area contributed by atoms with Crippen molar-refractivity contribution < 1.29 is 90.0 Å². The normalized spacial score (nSPS) is 12.6. The first-order valence-electron chi connectivity index (χ1n) is 9.19. The maximum Gasteiger partial charge on any atom is 2.00 e. The molecule has 0 aliphatic rings. The van der Waals surface area contributed by atoms with Gasteiger partial charge in [0, 0.05) is 0 Å². The summed E-state index contributed by atoms with van der Waals surface area (Å²) in [6, 6.07) is 0. The van der Waals surface area contributed by atoms with Crippen molar-refractivity contribution in [2.24, 2.45) is 0 Å². The predicted octanol–water partition coefficient (Wildman–Crippen LogP) is -12.4. The zero-order valence-corrected chi connectivity index (χ0v) is 26.4. The van der Waals surface area contributed by atoms with Gasteiger partial charge in [-0.3, -0.25) is 0 Å². The summed E-state index contributed by atoms with van der Waals surface area (Å²) < 4.78 is 0. The first-order valence-corrected chi connectivity index (χ1v) is 9.19. The third kappa shape index (κ3) is 85.7. The minimum atomic E-state index is -1.44. The Balaban J connectivity index is -0.0000000390. The van der Waals surface area contributed by atoms with Gasteiger partial charge in [0.2, 0.25) is 0 Å². The topological polar surface area (TPSA) is 362 Å². The van der Waals surface area contributed by atoms with Gasteiger partial charge in [-0.05, 0) is 41.5 Å². The standard InChI is InChI=1S/6C3H6O3.3Mg/c6*1-2(4)3(5)6;;;/h6*2,4H,1H3,(H,5,6);;;/q;;;;;;3*+2/p-6. The van der Waals surface area contributed by atoms with Crippen molar-refractivity contribution in [2.45, 2.75) is 78.2 Å². The van der Waals surface area contributed by atoms with Crippen molar-refractivity contribution in [3.63, 3.8) is 0 Å². The van der Waals surface area contributed by atoms with Gasteiger partial charge in [-0.15, -0.1) is 0 Å². The predicted molar refractivity (Wildman–Crippen MR) is 117 cm³/mol. The summed E-state index contributed by atoms with van der Waals surface area (Å²) in [4.78, 5) is 56.0. The van der Waals surface area contributed by atoms with E-state index < -0.39 is 72.4 Å². The molecule has 0 saturated heterocycles. The monoisotopic (exact) mass is 606 g/mol. The van der Waals surface area contributed by atoms with Crippen LogP contribution in [0.4, 0.5) is 0 Å². The fourth-order valence-corrected chi connectivity index (χ4v) is 0. The van der Waals surface area contributed by atoms with Gasteiger partial charge in [0.25, 0.3) is 0 Å². The Morgan fingerprint density at radius 1 is 0.333 bits per heavy atom. The Morgan fingerprint density at radius 3 is 0.359 bits per heavy atom. The molecule has 39 heavy (non-hydrogen) atoms. The van der Waals surface area contributed by atoms with Crippen molar-refractivity contribution in [3.05, 3.63) is 0 Å². The molecular formula is C18H30Mg3O18. The second kappa shape index (κ2) is 39.0. The molecule has 0 radical (unpaired) electrons. The molecule has 21 heteroatoms. The summed E-state index contributed by atoms with van der Waals surface area (Å²) in [5.74, 6) is -8.61. The first kappa shape index (κ1) is 61.8. The van der Waals surface area contributed by atoms with E-state index in [1.807, 2.05) is 0 Å². The molecule has 0 aromatic rings. The average Bonchev–Trinajstić information content (AvgIpc) is 2.69. The Hall–Kier alpha value is -1.12. The molecule has 0 heterocycles. The van der Waals surface area contributed by atoms with Gasteiger partial charge in [0.1, 0.15) is 0 Å². The maximum absolute atomic E-state index is 9.34. The van der Waals surface area contributed by atoms with Gasteiger partial charge in [-0.1, -0.05) is 0 Å². The Kier molecular flexibility index (Phi) is 61.8. The van der Waals surface area contributed by atoms with E-state index in [1.54, 1.807) is 0 Å². The second-order valence-electron chi connectivity index (χ2n) is 5.97. The number of hydrogen-bond donors (Lipinski definition) is 6. The molecule has 0 rings (SSSR count). The van der Waals surface area contributed by atoms with Gasteiger partial charge in [0.05, 0.1) is 72.4 Å². The molecule has 0 aliphatic heterocycles. The quantitative estimate of drug-likeness (QED) is 0.153. The van der Waals surface area contributed by atoms with Crippen molar-refractivity contribution in [2.75, 3.05) is 0 Å². The van der Waals surface area contributed by atoms with Crippen molar-refractivity contribution in [1.29, 1.82) is 0 Å². The summed E-state index contributed by atoms with van der Waals surface area (Å²) in [5, 5.41) is 104. The van der Waals surface area contributed by atoms with E-state index in [9.17, 15) is 59.4 Å². The molecule has 0 saturated carbocycles. The number of rotatable bonds is 6. The van der Waals surface area contributed by atoms with E-state index in [4.69, 9.17) is 30.6 Å². The Morgan fingerprint density at radius 2 is 0.359 bits per heavy atom. The molecule has 0 aromatic carbocycles. The van der Waals surface area contributed by atoms with Crippen molar-refractivity contribution in [1.82, 2.24) is 0 Å². The Labute approximate surface area is 271 Å². The van der Waals surface area contributed by atoms with E-state index in [0.29, 0.717) is 0 Å². The van der Waals surface area contributed by atoms with Crippen molar-refractivity contribution >= 4 is 105 Å². The van der Waals surface area contributed by atoms with Crippen LogP contribution in [0.15, 0.2) is 0 Å². The van der Waals surface area contributed by atoms with E-state index >= 15 is 0 Å². The van der Waals surface area contributed by atoms with E-state index in [1.165, 1.54) is 0 Å². The molecule has 6 atom stereocenters. The van der Waals surface area contributed by atoms with E-state index in [-0.39, 0.29) is 69.2 Å². The van der Waals surface area contributed by atoms with Gasteiger partial charge in [0.15, 0.2) is 0 Å². The number of carboxylic acid groups (broad SMARTS) is 6. The average molecular weight is 607 g/mol. The molecule has 0 amide bonds. The van der Waals surface area contributed by atoms with Crippen molar-refractivity contribution in [3.8, 4) is 0 Å². The molecule has 216 valence electrons. The third-order valence-corrected chi connectivity index (χ3v) is 2.05. The molecule has 6 N–H and O–H groups in total. The summed E-state index contributed by atoms with van der Waals surface area (Å²) in [7, 11) is 0. The van der Waals surface area contributed by atoms with E-state index in [0.717, 1.165) is 41.5 Å². The van der Waals surface area contributed by atoms with Gasteiger partial charge in [-0.2, -0.15) is 0 Å². The third-order valence-electron chi connectivity index (χ3n) is 2.05. The molecule has 18 nitrogen and oxygen atoms in total. The number of carbonyl (C=O) groups is 6. The van der Waals surface area contributed by atoms with Crippen LogP contribution in [0.1, 0.15) is 41.5 Å². The zero-order chi connectivity index (χ0) is 30.9. The fourth-order valence-electron chi connectivity index (χ4n) is 0. The molecule has 0 aliphatic carbocycles. The number of aliphatic hydroxyl groups is 6. The Bertz CT molecular complexity index is 497. The van der Waals surface area contributed by atoms with Crippen LogP contribution in [0.5, 0.6) is 0 Å². The van der Waals surface area contributed by atoms with Crippen LogP contribution in [0, 0.1) is 0 Å². The smallest absolute Gasteiger partial charge is 0.547 e. The minimum Gasteiger partial charge on any atom is -0.547 e. The maximum atomic E-state index is 9.34. The number of carboxylic acids is 6. The second-order valence-corrected chi connectivity index (χ2v) is 5.97. The molecule has 0 fully saturated rings. The fraction of sp³-hybridized carbons (Fsp3) is 0.667. The van der Waals surface area contributed by atoms with Gasteiger partial charge >= 0.3 is 69.2 Å². The largest absolute Gasteiger partial charge is 2.00 e. The minimum absolute atomic E-state index is 0. The number of hydrogen-bond acceptors (Lipinski definition) is 18. The summed E-state index contributed by atoms with van der Waals surface area (Å²) in [6.45, 7) is 6.81. The first-order chi connectivity index (χ1) is 15.9. The van der Waals surface area contributed by atoms with Crippen LogP contribution >= 0.6 is 0 Å². The summed E-state index contributed by atoms with van der Waals surface area (Å²) in [5.41, 5.74) is 0. The number of aliphatic carboxylic acids is 6. The molecule has 0 spiro atoms. The van der Waals surface area contributed by atoms with Crippen LogP contribution < -0.4 is 30.6 Å². The summed E-state index contributed by atoms with van der Waals surface area (Å²) >= 11 is 0. The SMILES string of the molecule is CC(O)C(=O)[O-].CC(O)C(=O)[O-].CC(O)C(=O)[O-].CC(O)C(=O)[O-].CC(O)C(=O)[O-].CC(O)C(=O)[O-].[Mg+2].[Mg+2].[Mg+2]. The van der Waals surface area contributed by atoms with Crippen LogP contribution in [0.3, 0.4) is 0 Å². The van der Waals surface area contributed by atoms with Crippen LogP contribution in [-0.2, 0) is 28.8 Å². The number of aliphatic hydroxyl groups excluding tert-OH is 6. The summed E-state index contributed by atoms with van der Waals surface area (Å²) in [6.07, 6.45) is -8.06. The molecule has 0 aromatic heterocycles. The molecular weight excluding hydrogens is 577 g/mol. The zero-order valence-electron chi connectivity index (χ0n) is 22.2. The van der Waals surface area contributed by atoms with E-state index in [2.05, 4.69) is 0 Å². The molecule has 6 unspecified atom stereocenters. The number of carbonyl (C=O) groups excluding carboxylic acids is 6. The van der Waals surface area contributed by atoms with Gasteiger partial charge in [-0.25, -0.2) is 0 Å². The van der Waals surface area contributed by atoms with Crippen LogP contribution in [0.2, 0.25) is 0 Å². The molecule has 0 bridgehead atoms.